The van der Waals surface area contributed by atoms with Crippen LogP contribution in [-0.4, -0.2) is 26.5 Å². The molecule has 0 bridgehead atoms. The fraction of sp³-hybridized carbons (Fsp3) is 0.417. The van der Waals surface area contributed by atoms with E-state index in [0.717, 1.165) is 6.07 Å². The quantitative estimate of drug-likeness (QED) is 0.795. The second-order valence-corrected chi connectivity index (χ2v) is 3.56. The summed E-state index contributed by atoms with van der Waals surface area (Å²) in [5.41, 5.74) is 5.19. The number of ether oxygens (including phenoxy) is 2. The van der Waals surface area contributed by atoms with Gasteiger partial charge in [-0.15, -0.1) is 0 Å². The Bertz CT molecular complexity index is 436. The van der Waals surface area contributed by atoms with Gasteiger partial charge >= 0.3 is 0 Å². The number of carbonyl (C=O) groups is 1. The molecule has 0 fully saturated rings. The molecule has 0 unspecified atom stereocenters. The lowest BCUT2D eigenvalue weighted by Gasteiger charge is -2.13. The molecule has 0 aromatic heterocycles. The third kappa shape index (κ3) is 2.95. The van der Waals surface area contributed by atoms with Crippen LogP contribution < -0.4 is 15.2 Å². The molecule has 0 aliphatic rings. The average Bonchev–Trinajstić information content (AvgIpc) is 2.37. The van der Waals surface area contributed by atoms with Crippen LogP contribution in [0.3, 0.4) is 0 Å². The number of carbonyl (C=O) groups excluding carboxylic acids is 1. The van der Waals surface area contributed by atoms with Crippen LogP contribution in [0.25, 0.3) is 0 Å². The normalized spacial score (nSPS) is 10.6. The number of alkyl halides is 2. The maximum Gasteiger partial charge on any atom is 0.267 e. The Balaban J connectivity index is 3.30. The van der Waals surface area contributed by atoms with Crippen molar-refractivity contribution in [1.82, 2.24) is 0 Å². The van der Waals surface area contributed by atoms with Gasteiger partial charge < -0.3 is 15.2 Å². The average molecular weight is 259 g/mol. The number of hydrogen-bond acceptors (Lipinski definition) is 4. The first-order valence-electron chi connectivity index (χ1n) is 5.32. The smallest absolute Gasteiger partial charge is 0.267 e. The van der Waals surface area contributed by atoms with E-state index >= 15 is 0 Å². The SMILES string of the molecule is COc1cc(C(F)F)c(OC)cc1C(=O)CCN. The fourth-order valence-electron chi connectivity index (χ4n) is 1.58. The van der Waals surface area contributed by atoms with E-state index in [2.05, 4.69) is 0 Å². The maximum absolute atomic E-state index is 12.8. The molecule has 0 spiro atoms. The summed E-state index contributed by atoms with van der Waals surface area (Å²) in [4.78, 5) is 11.8. The van der Waals surface area contributed by atoms with Crippen LogP contribution in [0, 0.1) is 0 Å². The molecule has 18 heavy (non-hydrogen) atoms. The van der Waals surface area contributed by atoms with Gasteiger partial charge in [0.1, 0.15) is 11.5 Å². The lowest BCUT2D eigenvalue weighted by molar-refractivity contribution is 0.0981. The molecule has 0 radical (unpaired) electrons. The summed E-state index contributed by atoms with van der Waals surface area (Å²) in [6.45, 7) is 0.181. The third-order valence-electron chi connectivity index (χ3n) is 2.46. The fourth-order valence-corrected chi connectivity index (χ4v) is 1.58. The minimum absolute atomic E-state index is 0.0360. The summed E-state index contributed by atoms with van der Waals surface area (Å²) in [6, 6.07) is 2.38. The van der Waals surface area contributed by atoms with Crippen LogP contribution in [0.15, 0.2) is 12.1 Å². The minimum atomic E-state index is -2.70. The van der Waals surface area contributed by atoms with Crippen molar-refractivity contribution in [1.29, 1.82) is 0 Å². The molecular weight excluding hydrogens is 244 g/mol. The lowest BCUT2D eigenvalue weighted by atomic mass is 10.0. The summed E-state index contributed by atoms with van der Waals surface area (Å²) in [5.74, 6) is -0.204. The first-order chi connectivity index (χ1) is 8.54. The first-order valence-corrected chi connectivity index (χ1v) is 5.32. The van der Waals surface area contributed by atoms with Crippen molar-refractivity contribution < 1.29 is 23.0 Å². The standard InChI is InChI=1S/C12H15F2NO3/c1-17-10-6-8(12(13)14)11(18-2)5-7(10)9(16)3-4-15/h5-6,12H,3-4,15H2,1-2H3. The predicted octanol–water partition coefficient (Wildman–Crippen LogP) is 2.17. The second-order valence-electron chi connectivity index (χ2n) is 3.56. The van der Waals surface area contributed by atoms with E-state index in [1.807, 2.05) is 0 Å². The van der Waals surface area contributed by atoms with E-state index in [0.29, 0.717) is 0 Å². The van der Waals surface area contributed by atoms with Crippen molar-refractivity contribution in [2.75, 3.05) is 20.8 Å². The maximum atomic E-state index is 12.8. The Morgan fingerprint density at radius 3 is 2.33 bits per heavy atom. The zero-order valence-corrected chi connectivity index (χ0v) is 10.2. The lowest BCUT2D eigenvalue weighted by Crippen LogP contribution is -2.10. The number of methoxy groups -OCH3 is 2. The van der Waals surface area contributed by atoms with Gasteiger partial charge in [-0.25, -0.2) is 8.78 Å². The van der Waals surface area contributed by atoms with Gasteiger partial charge in [0.05, 0.1) is 25.3 Å². The number of hydrogen-bond donors (Lipinski definition) is 1. The highest BCUT2D eigenvalue weighted by Crippen LogP contribution is 2.35. The molecule has 0 aliphatic heterocycles. The Morgan fingerprint density at radius 1 is 1.28 bits per heavy atom. The van der Waals surface area contributed by atoms with Crippen LogP contribution in [-0.2, 0) is 0 Å². The second kappa shape index (κ2) is 6.30. The Kier molecular flexibility index (Phi) is 5.03. The van der Waals surface area contributed by atoms with Gasteiger partial charge in [-0.1, -0.05) is 0 Å². The third-order valence-corrected chi connectivity index (χ3v) is 2.46. The number of nitrogens with two attached hydrogens (primary N) is 1. The summed E-state index contributed by atoms with van der Waals surface area (Å²) in [7, 11) is 2.58. The number of benzene rings is 1. The van der Waals surface area contributed by atoms with Crippen molar-refractivity contribution in [2.45, 2.75) is 12.8 Å². The highest BCUT2D eigenvalue weighted by Gasteiger charge is 2.21. The van der Waals surface area contributed by atoms with Crippen molar-refractivity contribution in [3.63, 3.8) is 0 Å². The van der Waals surface area contributed by atoms with E-state index in [4.69, 9.17) is 15.2 Å². The topological polar surface area (TPSA) is 61.5 Å². The van der Waals surface area contributed by atoms with E-state index in [-0.39, 0.29) is 41.4 Å². The molecule has 0 amide bonds. The number of rotatable bonds is 6. The van der Waals surface area contributed by atoms with Crippen molar-refractivity contribution in [2.24, 2.45) is 5.73 Å². The molecule has 0 atom stereocenters. The van der Waals surface area contributed by atoms with Crippen molar-refractivity contribution in [3.05, 3.63) is 23.3 Å². The molecule has 1 aromatic rings. The molecule has 2 N–H and O–H groups in total. The molecule has 0 saturated heterocycles. The summed E-state index contributed by atoms with van der Waals surface area (Å²) < 4.78 is 35.4. The minimum Gasteiger partial charge on any atom is -0.496 e. The zero-order chi connectivity index (χ0) is 13.7. The molecule has 1 aromatic carbocycles. The molecule has 4 nitrogen and oxygen atoms in total. The molecular formula is C12H15F2NO3. The number of halogens is 2. The Hall–Kier alpha value is -1.69. The largest absolute Gasteiger partial charge is 0.496 e. The van der Waals surface area contributed by atoms with Gasteiger partial charge in [-0.3, -0.25) is 4.79 Å². The van der Waals surface area contributed by atoms with Crippen molar-refractivity contribution in [3.8, 4) is 11.5 Å². The molecule has 6 heteroatoms. The van der Waals surface area contributed by atoms with Crippen molar-refractivity contribution >= 4 is 5.78 Å². The Labute approximate surface area is 104 Å². The number of Topliss-reactive ketones (excluding diaryl/α,β-unsaturated/α-hetero) is 1. The Morgan fingerprint density at radius 2 is 1.89 bits per heavy atom. The van der Waals surface area contributed by atoms with Crippen LogP contribution in [0.2, 0.25) is 0 Å². The molecule has 0 aliphatic carbocycles. The first kappa shape index (κ1) is 14.4. The van der Waals surface area contributed by atoms with Gasteiger partial charge in [0.25, 0.3) is 6.43 Å². The monoisotopic (exact) mass is 259 g/mol. The summed E-state index contributed by atoms with van der Waals surface area (Å²) >= 11 is 0. The van der Waals surface area contributed by atoms with E-state index in [1.54, 1.807) is 0 Å². The van der Waals surface area contributed by atoms with Crippen LogP contribution in [0.1, 0.15) is 28.8 Å². The van der Waals surface area contributed by atoms with Crippen LogP contribution in [0.4, 0.5) is 8.78 Å². The predicted molar refractivity (Wildman–Crippen MR) is 62.5 cm³/mol. The van der Waals surface area contributed by atoms with E-state index in [1.165, 1.54) is 20.3 Å². The molecule has 0 saturated carbocycles. The van der Waals surface area contributed by atoms with Gasteiger partial charge in [-0.2, -0.15) is 0 Å². The van der Waals surface area contributed by atoms with Gasteiger partial charge in [0.2, 0.25) is 0 Å². The molecule has 1 rings (SSSR count). The highest BCUT2D eigenvalue weighted by molar-refractivity contribution is 5.99. The van der Waals surface area contributed by atoms with E-state index < -0.39 is 6.43 Å². The highest BCUT2D eigenvalue weighted by atomic mass is 19.3. The van der Waals surface area contributed by atoms with Gasteiger partial charge in [0.15, 0.2) is 5.78 Å². The molecule has 0 heterocycles. The van der Waals surface area contributed by atoms with Gasteiger partial charge in [0, 0.05) is 6.42 Å². The summed E-state index contributed by atoms with van der Waals surface area (Å²) in [5, 5.41) is 0. The van der Waals surface area contributed by atoms with Crippen LogP contribution in [0.5, 0.6) is 11.5 Å². The number of ketones is 1. The van der Waals surface area contributed by atoms with Gasteiger partial charge in [-0.05, 0) is 18.7 Å². The summed E-state index contributed by atoms with van der Waals surface area (Å²) in [6.07, 6.45) is -2.58. The zero-order valence-electron chi connectivity index (χ0n) is 10.2. The van der Waals surface area contributed by atoms with Crippen LogP contribution >= 0.6 is 0 Å². The molecule has 100 valence electrons. The van der Waals surface area contributed by atoms with E-state index in [9.17, 15) is 13.6 Å².